The number of hydrogen-bond donors (Lipinski definition) is 2. The van der Waals surface area contributed by atoms with E-state index in [9.17, 15) is 4.79 Å². The van der Waals surface area contributed by atoms with Gasteiger partial charge in [0.2, 0.25) is 5.91 Å². The van der Waals surface area contributed by atoms with E-state index < -0.39 is 0 Å². The van der Waals surface area contributed by atoms with Crippen molar-refractivity contribution in [3.63, 3.8) is 0 Å². The maximum atomic E-state index is 11.9. The molecule has 0 aromatic rings. The Balaban J connectivity index is 1.62. The van der Waals surface area contributed by atoms with Crippen LogP contribution in [0.2, 0.25) is 0 Å². The number of likely N-dealkylation sites (N-methyl/N-ethyl adjacent to an activating group) is 1. The molecule has 0 aromatic heterocycles. The molecule has 2 saturated heterocycles. The first-order valence-corrected chi connectivity index (χ1v) is 7.62. The number of ether oxygens (including phenoxy) is 1. The average Bonchev–Trinajstić information content (AvgIpc) is 2.46. The summed E-state index contributed by atoms with van der Waals surface area (Å²) in [6.45, 7) is 7.62. The van der Waals surface area contributed by atoms with Crippen molar-refractivity contribution in [1.82, 2.24) is 15.5 Å². The molecule has 0 spiro atoms. The van der Waals surface area contributed by atoms with E-state index in [-0.39, 0.29) is 12.0 Å². The average molecular weight is 269 g/mol. The summed E-state index contributed by atoms with van der Waals surface area (Å²) in [4.78, 5) is 14.2. The van der Waals surface area contributed by atoms with Gasteiger partial charge in [0, 0.05) is 32.1 Å². The fourth-order valence-corrected chi connectivity index (χ4v) is 2.81. The number of hydrogen-bond acceptors (Lipinski definition) is 4. The van der Waals surface area contributed by atoms with Crippen LogP contribution in [0.25, 0.3) is 0 Å². The molecule has 0 radical (unpaired) electrons. The van der Waals surface area contributed by atoms with Crippen LogP contribution in [0.15, 0.2) is 0 Å². The monoisotopic (exact) mass is 269 g/mol. The fourth-order valence-electron chi connectivity index (χ4n) is 2.81. The normalized spacial score (nSPS) is 29.1. The van der Waals surface area contributed by atoms with Gasteiger partial charge in [-0.3, -0.25) is 9.69 Å². The molecule has 110 valence electrons. The highest BCUT2D eigenvalue weighted by Gasteiger charge is 2.21. The Hall–Kier alpha value is -0.650. The van der Waals surface area contributed by atoms with Crippen molar-refractivity contribution in [2.45, 2.75) is 44.8 Å². The first kappa shape index (κ1) is 14.8. The molecular weight excluding hydrogens is 242 g/mol. The third kappa shape index (κ3) is 5.09. The minimum Gasteiger partial charge on any atom is -0.374 e. The van der Waals surface area contributed by atoms with Gasteiger partial charge in [-0.2, -0.15) is 0 Å². The minimum atomic E-state index is 0.150. The number of nitrogens with one attached hydrogen (secondary N) is 2. The molecule has 2 heterocycles. The molecule has 2 rings (SSSR count). The van der Waals surface area contributed by atoms with Crippen molar-refractivity contribution in [3.05, 3.63) is 0 Å². The lowest BCUT2D eigenvalue weighted by Crippen LogP contribution is -2.48. The number of amides is 1. The van der Waals surface area contributed by atoms with Crippen molar-refractivity contribution in [3.8, 4) is 0 Å². The first-order chi connectivity index (χ1) is 9.28. The van der Waals surface area contributed by atoms with Crippen LogP contribution in [-0.2, 0) is 9.53 Å². The zero-order valence-electron chi connectivity index (χ0n) is 12.0. The standard InChI is InChI=1S/C14H27N3O2/c1-2-17-7-8-19-13(11-17)10-16-14(18)9-12-5-3-4-6-15-12/h12-13,15H,2-11H2,1H3,(H,16,18). The molecule has 0 aliphatic carbocycles. The zero-order valence-corrected chi connectivity index (χ0v) is 12.0. The number of piperidine rings is 1. The van der Waals surface area contributed by atoms with Crippen LogP contribution in [0.1, 0.15) is 32.6 Å². The summed E-state index contributed by atoms with van der Waals surface area (Å²) in [6.07, 6.45) is 4.35. The Morgan fingerprint density at radius 1 is 1.47 bits per heavy atom. The lowest BCUT2D eigenvalue weighted by atomic mass is 10.0. The minimum absolute atomic E-state index is 0.150. The van der Waals surface area contributed by atoms with E-state index >= 15 is 0 Å². The third-order valence-corrected chi connectivity index (χ3v) is 4.04. The second kappa shape index (κ2) is 7.82. The van der Waals surface area contributed by atoms with Gasteiger partial charge in [0.15, 0.2) is 0 Å². The van der Waals surface area contributed by atoms with Gasteiger partial charge in [-0.25, -0.2) is 0 Å². The van der Waals surface area contributed by atoms with Crippen molar-refractivity contribution < 1.29 is 9.53 Å². The van der Waals surface area contributed by atoms with Crippen molar-refractivity contribution in [1.29, 1.82) is 0 Å². The highest BCUT2D eigenvalue weighted by Crippen LogP contribution is 2.10. The van der Waals surface area contributed by atoms with Crippen LogP contribution < -0.4 is 10.6 Å². The molecule has 0 saturated carbocycles. The molecule has 2 N–H and O–H groups in total. The van der Waals surface area contributed by atoms with Crippen LogP contribution >= 0.6 is 0 Å². The van der Waals surface area contributed by atoms with E-state index in [0.29, 0.717) is 19.0 Å². The molecule has 5 heteroatoms. The molecule has 2 unspecified atom stereocenters. The summed E-state index contributed by atoms with van der Waals surface area (Å²) < 4.78 is 5.68. The molecule has 2 aliphatic rings. The Morgan fingerprint density at radius 3 is 3.11 bits per heavy atom. The predicted octanol–water partition coefficient (Wildman–Crippen LogP) is 0.356. The van der Waals surface area contributed by atoms with Crippen LogP contribution in [-0.4, -0.2) is 62.3 Å². The molecule has 5 nitrogen and oxygen atoms in total. The number of morpholine rings is 1. The van der Waals surface area contributed by atoms with Gasteiger partial charge in [0.05, 0.1) is 12.7 Å². The Morgan fingerprint density at radius 2 is 2.37 bits per heavy atom. The summed E-state index contributed by atoms with van der Waals surface area (Å²) in [5.74, 6) is 0.150. The smallest absolute Gasteiger partial charge is 0.221 e. The van der Waals surface area contributed by atoms with Gasteiger partial charge in [-0.15, -0.1) is 0 Å². The van der Waals surface area contributed by atoms with E-state index in [4.69, 9.17) is 4.74 Å². The largest absolute Gasteiger partial charge is 0.374 e. The van der Waals surface area contributed by atoms with E-state index in [2.05, 4.69) is 22.5 Å². The molecule has 0 aromatic carbocycles. The highest BCUT2D eigenvalue weighted by atomic mass is 16.5. The van der Waals surface area contributed by atoms with E-state index in [1.54, 1.807) is 0 Å². The van der Waals surface area contributed by atoms with Crippen LogP contribution in [0, 0.1) is 0 Å². The van der Waals surface area contributed by atoms with Gasteiger partial charge >= 0.3 is 0 Å². The van der Waals surface area contributed by atoms with Gasteiger partial charge in [0.1, 0.15) is 0 Å². The van der Waals surface area contributed by atoms with E-state index in [0.717, 1.165) is 39.2 Å². The predicted molar refractivity (Wildman–Crippen MR) is 75.1 cm³/mol. The number of rotatable bonds is 5. The highest BCUT2D eigenvalue weighted by molar-refractivity contribution is 5.76. The number of nitrogens with zero attached hydrogens (tertiary/aromatic N) is 1. The van der Waals surface area contributed by atoms with Gasteiger partial charge < -0.3 is 15.4 Å². The van der Waals surface area contributed by atoms with Crippen LogP contribution in [0.3, 0.4) is 0 Å². The lowest BCUT2D eigenvalue weighted by molar-refractivity contribution is -0.122. The molecule has 2 atom stereocenters. The Labute approximate surface area is 116 Å². The summed E-state index contributed by atoms with van der Waals surface area (Å²) in [5, 5.41) is 6.42. The summed E-state index contributed by atoms with van der Waals surface area (Å²) in [5.41, 5.74) is 0. The van der Waals surface area contributed by atoms with Crippen LogP contribution in [0.5, 0.6) is 0 Å². The SMILES string of the molecule is CCN1CCOC(CNC(=O)CC2CCCCN2)C1. The van der Waals surface area contributed by atoms with Gasteiger partial charge in [0.25, 0.3) is 0 Å². The van der Waals surface area contributed by atoms with Gasteiger partial charge in [-0.05, 0) is 25.9 Å². The second-order valence-electron chi connectivity index (χ2n) is 5.54. The summed E-state index contributed by atoms with van der Waals surface area (Å²) in [7, 11) is 0. The second-order valence-corrected chi connectivity index (χ2v) is 5.54. The maximum absolute atomic E-state index is 11.9. The van der Waals surface area contributed by atoms with Crippen molar-refractivity contribution in [2.75, 3.05) is 39.3 Å². The summed E-state index contributed by atoms with van der Waals surface area (Å²) in [6, 6.07) is 0.369. The van der Waals surface area contributed by atoms with E-state index in [1.165, 1.54) is 12.8 Å². The van der Waals surface area contributed by atoms with Crippen molar-refractivity contribution in [2.24, 2.45) is 0 Å². The molecular formula is C14H27N3O2. The van der Waals surface area contributed by atoms with Crippen LogP contribution in [0.4, 0.5) is 0 Å². The zero-order chi connectivity index (χ0) is 13.5. The Bertz CT molecular complexity index is 280. The van der Waals surface area contributed by atoms with Gasteiger partial charge in [-0.1, -0.05) is 13.3 Å². The fraction of sp³-hybridized carbons (Fsp3) is 0.929. The maximum Gasteiger partial charge on any atom is 0.221 e. The quantitative estimate of drug-likeness (QED) is 0.756. The number of carbonyl (C=O) groups is 1. The first-order valence-electron chi connectivity index (χ1n) is 7.62. The third-order valence-electron chi connectivity index (χ3n) is 4.04. The molecule has 0 bridgehead atoms. The van der Waals surface area contributed by atoms with Crippen molar-refractivity contribution >= 4 is 5.91 Å². The Kier molecular flexibility index (Phi) is 6.07. The summed E-state index contributed by atoms with van der Waals surface area (Å²) >= 11 is 0. The molecule has 1 amide bonds. The molecule has 2 aliphatic heterocycles. The van der Waals surface area contributed by atoms with E-state index in [1.807, 2.05) is 0 Å². The number of carbonyl (C=O) groups excluding carboxylic acids is 1. The lowest BCUT2D eigenvalue weighted by Gasteiger charge is -2.32. The topological polar surface area (TPSA) is 53.6 Å². The molecule has 2 fully saturated rings. The molecule has 19 heavy (non-hydrogen) atoms.